The van der Waals surface area contributed by atoms with Gasteiger partial charge < -0.3 is 0 Å². The number of rotatable bonds is 7. The SMILES string of the molecule is CC(C)(C)OC(=O)CN(Cc1cc(-c2nnc(-c3ccccc3)nn2)c[c]([Sn]([CH3])([CH3])[CH3])c1)C(=O)OC(C)(C)C. The van der Waals surface area contributed by atoms with Gasteiger partial charge in [0.1, 0.15) is 0 Å². The van der Waals surface area contributed by atoms with Crippen LogP contribution >= 0.6 is 0 Å². The van der Waals surface area contributed by atoms with E-state index in [1.807, 2.05) is 36.4 Å². The third-order valence-electron chi connectivity index (χ3n) is 5.39. The fourth-order valence-electron chi connectivity index (χ4n) is 3.65. The molecule has 3 rings (SSSR count). The molecule has 0 bridgehead atoms. The Morgan fingerprint density at radius 2 is 1.31 bits per heavy atom. The van der Waals surface area contributed by atoms with E-state index in [0.29, 0.717) is 11.6 Å². The molecule has 0 radical (unpaired) electrons. The van der Waals surface area contributed by atoms with Crippen molar-refractivity contribution in [3.8, 4) is 22.8 Å². The van der Waals surface area contributed by atoms with Crippen molar-refractivity contribution in [3.63, 3.8) is 0 Å². The first-order valence-corrected chi connectivity index (χ1v) is 23.0. The zero-order chi connectivity index (χ0) is 29.0. The number of ether oxygens (including phenoxy) is 2. The summed E-state index contributed by atoms with van der Waals surface area (Å²) in [5.74, 6) is 0.330. The number of nitrogens with zero attached hydrogens (tertiary/aromatic N) is 5. The molecule has 208 valence electrons. The molecule has 9 nitrogen and oxygen atoms in total. The van der Waals surface area contributed by atoms with Crippen LogP contribution in [0.25, 0.3) is 22.8 Å². The summed E-state index contributed by atoms with van der Waals surface area (Å²) >= 11 is -2.61. The van der Waals surface area contributed by atoms with Crippen LogP contribution in [0.4, 0.5) is 4.79 Å². The van der Waals surface area contributed by atoms with E-state index in [-0.39, 0.29) is 13.1 Å². The van der Waals surface area contributed by atoms with Crippen LogP contribution in [0.2, 0.25) is 14.8 Å². The van der Waals surface area contributed by atoms with E-state index in [0.717, 1.165) is 16.7 Å². The predicted octanol–water partition coefficient (Wildman–Crippen LogP) is 5.22. The second-order valence-electron chi connectivity index (χ2n) is 12.5. The van der Waals surface area contributed by atoms with Crippen molar-refractivity contribution < 1.29 is 19.1 Å². The van der Waals surface area contributed by atoms with Gasteiger partial charge in [-0.15, -0.1) is 0 Å². The second kappa shape index (κ2) is 12.0. The molecule has 0 unspecified atom stereocenters. The number of esters is 1. The average molecular weight is 640 g/mol. The molecule has 0 saturated carbocycles. The van der Waals surface area contributed by atoms with Gasteiger partial charge in [0, 0.05) is 0 Å². The van der Waals surface area contributed by atoms with Crippen molar-refractivity contribution in [1.29, 1.82) is 0 Å². The molecule has 0 fully saturated rings. The van der Waals surface area contributed by atoms with Crippen LogP contribution in [-0.2, 0) is 20.8 Å². The summed E-state index contributed by atoms with van der Waals surface area (Å²) < 4.78 is 12.3. The number of carbonyl (C=O) groups is 2. The van der Waals surface area contributed by atoms with Gasteiger partial charge in [-0.25, -0.2) is 0 Å². The summed E-state index contributed by atoms with van der Waals surface area (Å²) in [4.78, 5) is 34.1. The Morgan fingerprint density at radius 1 is 0.769 bits per heavy atom. The Balaban J connectivity index is 1.98. The average Bonchev–Trinajstić information content (AvgIpc) is 2.81. The fraction of sp³-hybridized carbons (Fsp3) is 0.448. The third kappa shape index (κ3) is 9.56. The Hall–Kier alpha value is -3.08. The maximum absolute atomic E-state index is 13.1. The summed E-state index contributed by atoms with van der Waals surface area (Å²) in [6, 6.07) is 15.7. The van der Waals surface area contributed by atoms with Gasteiger partial charge in [0.05, 0.1) is 0 Å². The maximum atomic E-state index is 13.1. The molecule has 2 aromatic carbocycles. The van der Waals surface area contributed by atoms with Gasteiger partial charge in [-0.05, 0) is 0 Å². The molecule has 0 N–H and O–H groups in total. The van der Waals surface area contributed by atoms with Crippen LogP contribution in [0.15, 0.2) is 48.5 Å². The van der Waals surface area contributed by atoms with E-state index in [1.54, 1.807) is 41.5 Å². The molecule has 0 atom stereocenters. The van der Waals surface area contributed by atoms with Gasteiger partial charge in [-0.3, -0.25) is 0 Å². The normalized spacial score (nSPS) is 12.1. The van der Waals surface area contributed by atoms with Crippen LogP contribution < -0.4 is 3.58 Å². The van der Waals surface area contributed by atoms with Crippen molar-refractivity contribution >= 4 is 34.0 Å². The van der Waals surface area contributed by atoms with E-state index in [2.05, 4.69) is 47.3 Å². The third-order valence-corrected chi connectivity index (χ3v) is 11.2. The van der Waals surface area contributed by atoms with E-state index >= 15 is 0 Å². The van der Waals surface area contributed by atoms with E-state index < -0.39 is 41.6 Å². The first-order chi connectivity index (χ1) is 18.0. The minimum atomic E-state index is -2.61. The van der Waals surface area contributed by atoms with Crippen LogP contribution in [0, 0.1) is 0 Å². The minimum absolute atomic E-state index is 0.153. The van der Waals surface area contributed by atoms with Crippen molar-refractivity contribution in [2.45, 2.75) is 74.1 Å². The molecule has 1 aromatic heterocycles. The van der Waals surface area contributed by atoms with Crippen molar-refractivity contribution in [2.75, 3.05) is 6.54 Å². The molecule has 0 aliphatic rings. The summed E-state index contributed by atoms with van der Waals surface area (Å²) in [6.07, 6.45) is -0.591. The van der Waals surface area contributed by atoms with E-state index in [4.69, 9.17) is 9.47 Å². The van der Waals surface area contributed by atoms with Gasteiger partial charge in [-0.1, -0.05) is 0 Å². The van der Waals surface area contributed by atoms with E-state index in [1.165, 1.54) is 8.48 Å². The summed E-state index contributed by atoms with van der Waals surface area (Å²) in [5.41, 5.74) is 1.03. The Labute approximate surface area is 235 Å². The molecule has 0 saturated heterocycles. The van der Waals surface area contributed by atoms with Crippen LogP contribution in [0.1, 0.15) is 47.1 Å². The fourth-order valence-corrected chi connectivity index (χ4v) is 7.10. The summed E-state index contributed by atoms with van der Waals surface area (Å²) in [6.45, 7) is 10.7. The zero-order valence-corrected chi connectivity index (χ0v) is 27.3. The van der Waals surface area contributed by atoms with Gasteiger partial charge in [-0.2, -0.15) is 0 Å². The Morgan fingerprint density at radius 3 is 1.82 bits per heavy atom. The van der Waals surface area contributed by atoms with E-state index in [9.17, 15) is 9.59 Å². The molecule has 1 amide bonds. The number of benzene rings is 2. The van der Waals surface area contributed by atoms with Crippen molar-refractivity contribution in [2.24, 2.45) is 0 Å². The van der Waals surface area contributed by atoms with Gasteiger partial charge in [0.15, 0.2) is 0 Å². The van der Waals surface area contributed by atoms with Gasteiger partial charge in [0.25, 0.3) is 0 Å². The van der Waals surface area contributed by atoms with Crippen LogP contribution in [-0.4, -0.2) is 73.5 Å². The summed E-state index contributed by atoms with van der Waals surface area (Å²) in [7, 11) is 0. The standard InChI is InChI=1S/C26H30N5O4.3CH3.Sn/c1-25(2,3)34-21(32)17-31(24(33)35-26(4,5)6)16-18-11-10-14-20(15-18)23-29-27-22(28-30-23)19-12-8-7-9-13-19;;;;/h7-9,11-15H,16-17H2,1-6H3;3*1H3;. The number of hydrogen-bond donors (Lipinski definition) is 0. The topological polar surface area (TPSA) is 107 Å². The molecule has 10 heteroatoms. The van der Waals surface area contributed by atoms with Crippen molar-refractivity contribution in [1.82, 2.24) is 25.3 Å². The van der Waals surface area contributed by atoms with Crippen LogP contribution in [0.5, 0.6) is 0 Å². The van der Waals surface area contributed by atoms with Crippen molar-refractivity contribution in [3.05, 3.63) is 54.1 Å². The van der Waals surface area contributed by atoms with Crippen LogP contribution in [0.3, 0.4) is 0 Å². The molecular weight excluding hydrogens is 601 g/mol. The molecular formula is C29H39N5O4Sn. The first-order valence-electron chi connectivity index (χ1n) is 13.0. The number of aromatic nitrogens is 4. The molecule has 3 aromatic rings. The number of hydrogen-bond acceptors (Lipinski definition) is 8. The second-order valence-corrected chi connectivity index (χ2v) is 27.0. The molecule has 0 aliphatic carbocycles. The Bertz CT molecular complexity index is 1290. The molecule has 0 spiro atoms. The predicted molar refractivity (Wildman–Crippen MR) is 154 cm³/mol. The quantitative estimate of drug-likeness (QED) is 0.256. The Kier molecular flexibility index (Phi) is 9.35. The number of carbonyl (C=O) groups excluding carboxylic acids is 2. The van der Waals surface area contributed by atoms with Gasteiger partial charge >= 0.3 is 236 Å². The summed E-state index contributed by atoms with van der Waals surface area (Å²) in [5, 5.41) is 17.3. The molecule has 39 heavy (non-hydrogen) atoms. The van der Waals surface area contributed by atoms with Gasteiger partial charge in [0.2, 0.25) is 0 Å². The molecule has 0 aliphatic heterocycles. The number of amides is 1. The monoisotopic (exact) mass is 641 g/mol. The zero-order valence-electron chi connectivity index (χ0n) is 24.4. The molecule has 1 heterocycles. The first kappa shape index (κ1) is 30.5.